The van der Waals surface area contributed by atoms with Crippen LogP contribution in [0.4, 0.5) is 10.5 Å². The largest absolute Gasteiger partial charge is 0.337 e. The van der Waals surface area contributed by atoms with Crippen molar-refractivity contribution in [2.75, 3.05) is 17.6 Å². The molecule has 8 heteroatoms. The van der Waals surface area contributed by atoms with Gasteiger partial charge in [0.15, 0.2) is 5.82 Å². The number of hydrogen-bond donors (Lipinski definition) is 2. The minimum Gasteiger partial charge on any atom is -0.337 e. The van der Waals surface area contributed by atoms with Crippen LogP contribution in [0.2, 0.25) is 0 Å². The van der Waals surface area contributed by atoms with Crippen LogP contribution in [0.15, 0.2) is 54.3 Å². The Morgan fingerprint density at radius 3 is 2.96 bits per heavy atom. The van der Waals surface area contributed by atoms with E-state index in [1.54, 1.807) is 52.3 Å². The summed E-state index contributed by atoms with van der Waals surface area (Å²) in [6.07, 6.45) is 5.12. The van der Waals surface area contributed by atoms with Crippen molar-refractivity contribution in [2.45, 2.75) is 5.75 Å². The first kappa shape index (κ1) is 16.5. The topological polar surface area (TPSA) is 71.8 Å². The van der Waals surface area contributed by atoms with Gasteiger partial charge < -0.3 is 10.6 Å². The summed E-state index contributed by atoms with van der Waals surface area (Å²) in [5.41, 5.74) is 0.648. The summed E-state index contributed by atoms with van der Waals surface area (Å²) >= 11 is 3.56. The zero-order chi connectivity index (χ0) is 16.6. The number of amides is 2. The molecule has 3 rings (SSSR count). The van der Waals surface area contributed by atoms with Gasteiger partial charge in [0, 0.05) is 35.3 Å². The summed E-state index contributed by atoms with van der Waals surface area (Å²) in [6.45, 7) is 0.626. The summed E-state index contributed by atoms with van der Waals surface area (Å²) in [5, 5.41) is 11.8. The predicted octanol–water partition coefficient (Wildman–Crippen LogP) is 3.38. The quantitative estimate of drug-likeness (QED) is 0.634. The second kappa shape index (κ2) is 8.51. The summed E-state index contributed by atoms with van der Waals surface area (Å²) in [7, 11) is 0. The van der Waals surface area contributed by atoms with Crippen molar-refractivity contribution in [2.24, 2.45) is 0 Å². The first-order valence-corrected chi connectivity index (χ1v) is 9.46. The Kier molecular flexibility index (Phi) is 5.86. The molecule has 124 valence electrons. The maximum absolute atomic E-state index is 11.8. The zero-order valence-electron chi connectivity index (χ0n) is 12.9. The number of rotatable bonds is 7. The summed E-state index contributed by atoms with van der Waals surface area (Å²) in [5.74, 6) is 2.57. The van der Waals surface area contributed by atoms with Gasteiger partial charge in [0.2, 0.25) is 0 Å². The number of thioether (sulfide) groups is 1. The van der Waals surface area contributed by atoms with E-state index in [-0.39, 0.29) is 6.03 Å². The first-order chi connectivity index (χ1) is 11.8. The van der Waals surface area contributed by atoms with Crippen molar-refractivity contribution in [1.29, 1.82) is 0 Å². The lowest BCUT2D eigenvalue weighted by molar-refractivity contribution is 0.252. The van der Waals surface area contributed by atoms with Crippen molar-refractivity contribution in [3.8, 4) is 5.82 Å². The van der Waals surface area contributed by atoms with Crippen LogP contribution in [0.3, 0.4) is 0 Å². The molecule has 2 amide bonds. The SMILES string of the molecule is O=C(NCCSCc1cccs1)Nc1ccc(-n2cccn2)nc1. The standard InChI is InChI=1S/C16H17N5OS2/c22-16(17-7-10-23-12-14-3-1-9-24-14)20-13-4-5-15(18-11-13)21-8-2-6-19-21/h1-6,8-9,11H,7,10,12H2,(H2,17,20,22). The molecule has 6 nitrogen and oxygen atoms in total. The molecule has 0 fully saturated rings. The molecule has 0 aromatic carbocycles. The number of carbonyl (C=O) groups is 1. The highest BCUT2D eigenvalue weighted by Gasteiger charge is 2.03. The van der Waals surface area contributed by atoms with E-state index in [2.05, 4.69) is 38.2 Å². The third kappa shape index (κ3) is 4.84. The highest BCUT2D eigenvalue weighted by Crippen LogP contribution is 2.16. The number of aromatic nitrogens is 3. The van der Waals surface area contributed by atoms with E-state index in [1.807, 2.05) is 12.3 Å². The number of urea groups is 1. The minimum atomic E-state index is -0.222. The van der Waals surface area contributed by atoms with Gasteiger partial charge in [-0.05, 0) is 29.6 Å². The van der Waals surface area contributed by atoms with Crippen molar-refractivity contribution >= 4 is 34.8 Å². The van der Waals surface area contributed by atoms with Crippen LogP contribution in [0, 0.1) is 0 Å². The molecule has 0 unspecified atom stereocenters. The summed E-state index contributed by atoms with van der Waals surface area (Å²) < 4.78 is 1.66. The lowest BCUT2D eigenvalue weighted by atomic mass is 10.4. The number of hydrogen-bond acceptors (Lipinski definition) is 5. The molecule has 3 aromatic rings. The van der Waals surface area contributed by atoms with Crippen LogP contribution in [0.25, 0.3) is 5.82 Å². The fourth-order valence-electron chi connectivity index (χ4n) is 1.98. The number of pyridine rings is 1. The normalized spacial score (nSPS) is 10.5. The van der Waals surface area contributed by atoms with Gasteiger partial charge in [0.1, 0.15) is 0 Å². The minimum absolute atomic E-state index is 0.222. The number of nitrogens with zero attached hydrogens (tertiary/aromatic N) is 3. The van der Waals surface area contributed by atoms with Crippen molar-refractivity contribution in [3.63, 3.8) is 0 Å². The molecule has 0 saturated carbocycles. The van der Waals surface area contributed by atoms with E-state index >= 15 is 0 Å². The van der Waals surface area contributed by atoms with Gasteiger partial charge in [-0.15, -0.1) is 11.3 Å². The third-order valence-electron chi connectivity index (χ3n) is 3.10. The van der Waals surface area contributed by atoms with E-state index in [9.17, 15) is 4.79 Å². The maximum Gasteiger partial charge on any atom is 0.319 e. The van der Waals surface area contributed by atoms with E-state index in [1.165, 1.54) is 4.88 Å². The molecular weight excluding hydrogens is 342 g/mol. The first-order valence-electron chi connectivity index (χ1n) is 7.42. The van der Waals surface area contributed by atoms with E-state index in [0.29, 0.717) is 18.1 Å². The monoisotopic (exact) mass is 359 g/mol. The van der Waals surface area contributed by atoms with Gasteiger partial charge in [0.25, 0.3) is 0 Å². The Morgan fingerprint density at radius 1 is 1.29 bits per heavy atom. The van der Waals surface area contributed by atoms with Crippen LogP contribution in [-0.4, -0.2) is 33.1 Å². The van der Waals surface area contributed by atoms with Crippen LogP contribution >= 0.6 is 23.1 Å². The van der Waals surface area contributed by atoms with Crippen LogP contribution in [-0.2, 0) is 5.75 Å². The molecule has 0 saturated heterocycles. The summed E-state index contributed by atoms with van der Waals surface area (Å²) in [4.78, 5) is 17.5. The van der Waals surface area contributed by atoms with Gasteiger partial charge in [-0.1, -0.05) is 6.07 Å². The summed E-state index contributed by atoms with van der Waals surface area (Å²) in [6, 6.07) is 9.39. The second-order valence-electron chi connectivity index (χ2n) is 4.87. The molecular formula is C16H17N5OS2. The number of thiophene rings is 1. The van der Waals surface area contributed by atoms with Crippen LogP contribution < -0.4 is 10.6 Å². The molecule has 0 bridgehead atoms. The van der Waals surface area contributed by atoms with Gasteiger partial charge in [0.05, 0.1) is 11.9 Å². The van der Waals surface area contributed by atoms with Gasteiger partial charge in [-0.25, -0.2) is 14.5 Å². The highest BCUT2D eigenvalue weighted by molar-refractivity contribution is 7.98. The van der Waals surface area contributed by atoms with Gasteiger partial charge in [-0.2, -0.15) is 16.9 Å². The molecule has 2 N–H and O–H groups in total. The van der Waals surface area contributed by atoms with Crippen molar-refractivity contribution < 1.29 is 4.79 Å². The molecule has 0 aliphatic carbocycles. The van der Waals surface area contributed by atoms with Crippen molar-refractivity contribution in [3.05, 3.63) is 59.2 Å². The Morgan fingerprint density at radius 2 is 2.25 bits per heavy atom. The Bertz CT molecular complexity index is 741. The number of nitrogens with one attached hydrogen (secondary N) is 2. The predicted molar refractivity (Wildman–Crippen MR) is 98.9 cm³/mol. The number of anilines is 1. The van der Waals surface area contributed by atoms with Gasteiger partial charge in [-0.3, -0.25) is 0 Å². The van der Waals surface area contributed by atoms with Gasteiger partial charge >= 0.3 is 6.03 Å². The van der Waals surface area contributed by atoms with E-state index < -0.39 is 0 Å². The molecule has 3 heterocycles. The fourth-order valence-corrected chi connectivity index (χ4v) is 3.68. The Hall–Kier alpha value is -2.32. The maximum atomic E-state index is 11.8. The molecule has 24 heavy (non-hydrogen) atoms. The molecule has 3 aromatic heterocycles. The Balaban J connectivity index is 1.37. The van der Waals surface area contributed by atoms with E-state index in [4.69, 9.17) is 0 Å². The van der Waals surface area contributed by atoms with Crippen LogP contribution in [0.1, 0.15) is 4.88 Å². The van der Waals surface area contributed by atoms with E-state index in [0.717, 1.165) is 11.5 Å². The average molecular weight is 359 g/mol. The smallest absolute Gasteiger partial charge is 0.319 e. The molecule has 0 atom stereocenters. The number of carbonyl (C=O) groups excluding carboxylic acids is 1. The molecule has 0 aliphatic rings. The second-order valence-corrected chi connectivity index (χ2v) is 7.01. The fraction of sp³-hybridized carbons (Fsp3) is 0.188. The third-order valence-corrected chi connectivity index (χ3v) is 5.17. The molecule has 0 aliphatic heterocycles. The molecule has 0 spiro atoms. The lowest BCUT2D eigenvalue weighted by Crippen LogP contribution is -2.30. The van der Waals surface area contributed by atoms with Crippen molar-refractivity contribution in [1.82, 2.24) is 20.1 Å². The molecule has 0 radical (unpaired) electrons. The average Bonchev–Trinajstić information content (AvgIpc) is 3.29. The lowest BCUT2D eigenvalue weighted by Gasteiger charge is -2.08. The zero-order valence-corrected chi connectivity index (χ0v) is 14.5. The highest BCUT2D eigenvalue weighted by atomic mass is 32.2. The van der Waals surface area contributed by atoms with Crippen LogP contribution in [0.5, 0.6) is 0 Å². The Labute approximate surface area is 148 Å².